The van der Waals surface area contributed by atoms with Crippen LogP contribution in [0.4, 0.5) is 0 Å². The number of carbonyl (C=O) groups excluding carboxylic acids is 1. The van der Waals surface area contributed by atoms with E-state index in [1.165, 1.54) is 11.3 Å². The number of aromatic nitrogens is 1. The highest BCUT2D eigenvalue weighted by atomic mass is 32.1. The number of hydrogen-bond acceptors (Lipinski definition) is 6. The average molecular weight is 259 g/mol. The van der Waals surface area contributed by atoms with Crippen LogP contribution in [0.3, 0.4) is 0 Å². The van der Waals surface area contributed by atoms with Gasteiger partial charge >= 0.3 is 5.97 Å². The molecule has 0 fully saturated rings. The Kier molecular flexibility index (Phi) is 5.54. The van der Waals surface area contributed by atoms with E-state index in [0.717, 1.165) is 5.01 Å². The Morgan fingerprint density at radius 1 is 1.59 bits per heavy atom. The third kappa shape index (κ3) is 4.07. The molecule has 1 heterocycles. The molecule has 5 nitrogen and oxygen atoms in total. The molecule has 0 saturated heterocycles. The monoisotopic (exact) mass is 259 g/mol. The van der Waals surface area contributed by atoms with Crippen molar-refractivity contribution in [2.75, 3.05) is 20.3 Å². The van der Waals surface area contributed by atoms with E-state index in [1.54, 1.807) is 19.4 Å². The zero-order valence-corrected chi connectivity index (χ0v) is 11.0. The number of nitrogens with zero attached hydrogens (tertiary/aromatic N) is 1. The Labute approximate surface area is 104 Å². The highest BCUT2D eigenvalue weighted by Gasteiger charge is 2.16. The maximum Gasteiger partial charge on any atom is 0.357 e. The van der Waals surface area contributed by atoms with Crippen LogP contribution in [0.25, 0.3) is 0 Å². The lowest BCUT2D eigenvalue weighted by Gasteiger charge is -2.07. The van der Waals surface area contributed by atoms with Gasteiger partial charge in [-0.2, -0.15) is 0 Å². The number of esters is 1. The summed E-state index contributed by atoms with van der Waals surface area (Å²) in [4.78, 5) is 15.7. The molecule has 1 N–H and O–H groups in total. The first-order valence-corrected chi connectivity index (χ1v) is 6.22. The quantitative estimate of drug-likeness (QED) is 0.786. The topological polar surface area (TPSA) is 68.7 Å². The SMILES string of the molecule is COC(C)c1nc(C(=O)OCC(C)CO)cs1. The zero-order valence-electron chi connectivity index (χ0n) is 10.2. The van der Waals surface area contributed by atoms with Gasteiger partial charge in [0.15, 0.2) is 5.69 Å². The molecule has 1 aromatic rings. The number of aliphatic hydroxyl groups excluding tert-OH is 1. The lowest BCUT2D eigenvalue weighted by Crippen LogP contribution is -2.15. The molecule has 2 unspecified atom stereocenters. The second-order valence-corrected chi connectivity index (χ2v) is 4.72. The van der Waals surface area contributed by atoms with Gasteiger partial charge in [0.2, 0.25) is 0 Å². The van der Waals surface area contributed by atoms with Gasteiger partial charge < -0.3 is 14.6 Å². The van der Waals surface area contributed by atoms with E-state index in [0.29, 0.717) is 5.69 Å². The van der Waals surface area contributed by atoms with Crippen molar-refractivity contribution in [3.05, 3.63) is 16.1 Å². The fourth-order valence-electron chi connectivity index (χ4n) is 1.01. The summed E-state index contributed by atoms with van der Waals surface area (Å²) in [7, 11) is 1.59. The molecule has 0 aliphatic carbocycles. The van der Waals surface area contributed by atoms with Gasteiger partial charge in [-0.25, -0.2) is 9.78 Å². The lowest BCUT2D eigenvalue weighted by atomic mass is 10.2. The minimum Gasteiger partial charge on any atom is -0.461 e. The van der Waals surface area contributed by atoms with Crippen molar-refractivity contribution in [1.29, 1.82) is 0 Å². The minimum absolute atomic E-state index is 0.00367. The first-order chi connectivity index (χ1) is 8.08. The van der Waals surface area contributed by atoms with Gasteiger partial charge in [-0.1, -0.05) is 6.92 Å². The fraction of sp³-hybridized carbons (Fsp3) is 0.636. The smallest absolute Gasteiger partial charge is 0.357 e. The minimum atomic E-state index is -0.462. The Bertz CT molecular complexity index is 366. The standard InChI is InChI=1S/C11H17NO4S/c1-7(4-13)5-16-11(14)9-6-17-10(12-9)8(2)15-3/h6-8,13H,4-5H2,1-3H3. The Balaban J connectivity index is 2.55. The summed E-state index contributed by atoms with van der Waals surface area (Å²) < 4.78 is 10.1. The second-order valence-electron chi connectivity index (χ2n) is 3.84. The van der Waals surface area contributed by atoms with E-state index in [4.69, 9.17) is 14.6 Å². The summed E-state index contributed by atoms with van der Waals surface area (Å²) >= 11 is 1.36. The van der Waals surface area contributed by atoms with E-state index < -0.39 is 5.97 Å². The van der Waals surface area contributed by atoms with Gasteiger partial charge in [0, 0.05) is 25.0 Å². The van der Waals surface area contributed by atoms with Crippen LogP contribution in [0.1, 0.15) is 35.4 Å². The third-order valence-electron chi connectivity index (χ3n) is 2.24. The van der Waals surface area contributed by atoms with Crippen LogP contribution in [0.15, 0.2) is 5.38 Å². The van der Waals surface area contributed by atoms with Crippen LogP contribution >= 0.6 is 11.3 Å². The summed E-state index contributed by atoms with van der Waals surface area (Å²) in [5.74, 6) is -0.522. The van der Waals surface area contributed by atoms with E-state index in [-0.39, 0.29) is 25.2 Å². The van der Waals surface area contributed by atoms with Crippen LogP contribution < -0.4 is 0 Å². The molecule has 0 radical (unpaired) electrons. The molecule has 96 valence electrons. The summed E-state index contributed by atoms with van der Waals surface area (Å²) in [5.41, 5.74) is 0.291. The van der Waals surface area contributed by atoms with Crippen molar-refractivity contribution in [2.45, 2.75) is 20.0 Å². The van der Waals surface area contributed by atoms with Crippen molar-refractivity contribution in [1.82, 2.24) is 4.98 Å². The van der Waals surface area contributed by atoms with Gasteiger partial charge in [0.05, 0.1) is 6.61 Å². The van der Waals surface area contributed by atoms with Crippen molar-refractivity contribution < 1.29 is 19.4 Å². The zero-order chi connectivity index (χ0) is 12.8. The molecule has 17 heavy (non-hydrogen) atoms. The number of ether oxygens (including phenoxy) is 2. The molecule has 0 aliphatic heterocycles. The fourth-order valence-corrected chi connectivity index (χ4v) is 1.83. The summed E-state index contributed by atoms with van der Waals surface area (Å²) in [6.07, 6.45) is -0.127. The van der Waals surface area contributed by atoms with Crippen molar-refractivity contribution in [3.63, 3.8) is 0 Å². The van der Waals surface area contributed by atoms with Gasteiger partial charge in [0.1, 0.15) is 11.1 Å². The van der Waals surface area contributed by atoms with Crippen molar-refractivity contribution in [3.8, 4) is 0 Å². The van der Waals surface area contributed by atoms with Gasteiger partial charge in [-0.3, -0.25) is 0 Å². The van der Waals surface area contributed by atoms with E-state index in [9.17, 15) is 4.79 Å². The molecular weight excluding hydrogens is 242 g/mol. The maximum atomic E-state index is 11.6. The molecule has 1 rings (SSSR count). The van der Waals surface area contributed by atoms with E-state index in [2.05, 4.69) is 4.98 Å². The highest BCUT2D eigenvalue weighted by molar-refractivity contribution is 7.09. The number of carbonyl (C=O) groups is 1. The predicted molar refractivity (Wildman–Crippen MR) is 64.1 cm³/mol. The summed E-state index contributed by atoms with van der Waals surface area (Å²) in [6, 6.07) is 0. The number of rotatable bonds is 6. The van der Waals surface area contributed by atoms with Crippen LogP contribution in [0.5, 0.6) is 0 Å². The number of hydrogen-bond donors (Lipinski definition) is 1. The molecule has 2 atom stereocenters. The van der Waals surface area contributed by atoms with Gasteiger partial charge in [0.25, 0.3) is 0 Å². The number of thiazole rings is 1. The second kappa shape index (κ2) is 6.68. The molecule has 0 amide bonds. The molecule has 1 aromatic heterocycles. The largest absolute Gasteiger partial charge is 0.461 e. The molecule has 0 spiro atoms. The first kappa shape index (κ1) is 14.1. The average Bonchev–Trinajstić information content (AvgIpc) is 2.83. The molecule has 0 aromatic carbocycles. The first-order valence-electron chi connectivity index (χ1n) is 5.34. The van der Waals surface area contributed by atoms with E-state index >= 15 is 0 Å². The molecule has 0 saturated carbocycles. The van der Waals surface area contributed by atoms with Crippen molar-refractivity contribution in [2.24, 2.45) is 5.92 Å². The van der Waals surface area contributed by atoms with Crippen molar-refractivity contribution >= 4 is 17.3 Å². The Morgan fingerprint density at radius 2 is 2.29 bits per heavy atom. The van der Waals surface area contributed by atoms with Crippen LogP contribution in [0, 0.1) is 5.92 Å². The number of methoxy groups -OCH3 is 1. The van der Waals surface area contributed by atoms with Crippen LogP contribution in [-0.4, -0.2) is 36.4 Å². The van der Waals surface area contributed by atoms with Crippen LogP contribution in [0.2, 0.25) is 0 Å². The summed E-state index contributed by atoms with van der Waals surface area (Å²) in [6.45, 7) is 3.85. The lowest BCUT2D eigenvalue weighted by molar-refractivity contribution is 0.0398. The Hall–Kier alpha value is -0.980. The molecule has 0 bridgehead atoms. The molecule has 0 aliphatic rings. The normalized spacial score (nSPS) is 14.4. The third-order valence-corrected chi connectivity index (χ3v) is 3.25. The van der Waals surface area contributed by atoms with E-state index in [1.807, 2.05) is 6.92 Å². The van der Waals surface area contributed by atoms with Crippen LogP contribution in [-0.2, 0) is 9.47 Å². The molecule has 6 heteroatoms. The van der Waals surface area contributed by atoms with Gasteiger partial charge in [-0.15, -0.1) is 11.3 Å². The highest BCUT2D eigenvalue weighted by Crippen LogP contribution is 2.20. The predicted octanol–water partition coefficient (Wildman–Crippen LogP) is 1.64. The Morgan fingerprint density at radius 3 is 2.88 bits per heavy atom. The summed E-state index contributed by atoms with van der Waals surface area (Å²) in [5, 5.41) is 11.2. The van der Waals surface area contributed by atoms with Gasteiger partial charge in [-0.05, 0) is 6.92 Å². The maximum absolute atomic E-state index is 11.6. The molecular formula is C11H17NO4S. The number of aliphatic hydroxyl groups is 1.